The number of rotatable bonds is 9. The van der Waals surface area contributed by atoms with Gasteiger partial charge in [-0.25, -0.2) is 4.79 Å². The van der Waals surface area contributed by atoms with Gasteiger partial charge in [0.05, 0.1) is 12.7 Å². The molecule has 11 heteroatoms. The van der Waals surface area contributed by atoms with Crippen molar-refractivity contribution in [2.75, 3.05) is 44.9 Å². The van der Waals surface area contributed by atoms with Crippen LogP contribution in [-0.2, 0) is 0 Å². The minimum atomic E-state index is -4.79. The largest absolute Gasteiger partial charge is 0.573 e. The molecule has 0 saturated heterocycles. The van der Waals surface area contributed by atoms with Crippen molar-refractivity contribution in [1.29, 1.82) is 0 Å². The molecule has 32 heavy (non-hydrogen) atoms. The fourth-order valence-corrected chi connectivity index (χ4v) is 2.68. The third-order valence-electron chi connectivity index (χ3n) is 4.12. The van der Waals surface area contributed by atoms with E-state index in [9.17, 15) is 22.8 Å². The molecule has 0 bridgehead atoms. The highest BCUT2D eigenvalue weighted by Gasteiger charge is 2.31. The number of alkyl halides is 3. The van der Waals surface area contributed by atoms with Crippen LogP contribution in [0.5, 0.6) is 11.5 Å². The second kappa shape index (κ2) is 11.2. The van der Waals surface area contributed by atoms with Gasteiger partial charge >= 0.3 is 12.4 Å². The molecule has 0 atom stereocenters. The molecule has 0 heterocycles. The Hall–Kier alpha value is -3.47. The number of urea groups is 1. The smallest absolute Gasteiger partial charge is 0.496 e. The van der Waals surface area contributed by atoms with E-state index in [1.165, 1.54) is 37.4 Å². The van der Waals surface area contributed by atoms with Crippen LogP contribution in [0.2, 0.25) is 0 Å². The quantitative estimate of drug-likeness (QED) is 0.500. The highest BCUT2D eigenvalue weighted by atomic mass is 19.4. The second-order valence-corrected chi connectivity index (χ2v) is 6.98. The first kappa shape index (κ1) is 24.8. The van der Waals surface area contributed by atoms with E-state index < -0.39 is 18.1 Å². The number of benzene rings is 2. The van der Waals surface area contributed by atoms with Crippen molar-refractivity contribution in [1.82, 2.24) is 10.2 Å². The molecule has 0 radical (unpaired) electrons. The lowest BCUT2D eigenvalue weighted by Crippen LogP contribution is -2.27. The molecule has 0 aliphatic heterocycles. The number of carbonyl (C=O) groups excluding carboxylic acids is 2. The normalized spacial score (nSPS) is 11.1. The third-order valence-corrected chi connectivity index (χ3v) is 4.12. The zero-order valence-electron chi connectivity index (χ0n) is 17.9. The van der Waals surface area contributed by atoms with Crippen LogP contribution in [0.3, 0.4) is 0 Å². The number of methoxy groups -OCH3 is 1. The lowest BCUT2D eigenvalue weighted by molar-refractivity contribution is -0.274. The van der Waals surface area contributed by atoms with Gasteiger partial charge in [0.1, 0.15) is 11.5 Å². The lowest BCUT2D eigenvalue weighted by Gasteiger charge is -2.13. The first-order chi connectivity index (χ1) is 15.1. The molecule has 0 fully saturated rings. The Morgan fingerprint density at radius 1 is 1.00 bits per heavy atom. The van der Waals surface area contributed by atoms with Crippen molar-refractivity contribution in [3.8, 4) is 11.5 Å². The van der Waals surface area contributed by atoms with Gasteiger partial charge in [0.15, 0.2) is 0 Å². The summed E-state index contributed by atoms with van der Waals surface area (Å²) in [4.78, 5) is 26.6. The van der Waals surface area contributed by atoms with Gasteiger partial charge in [0, 0.05) is 24.0 Å². The number of hydrogen-bond donors (Lipinski definition) is 3. The van der Waals surface area contributed by atoms with Gasteiger partial charge in [-0.15, -0.1) is 13.2 Å². The van der Waals surface area contributed by atoms with Crippen LogP contribution in [0.1, 0.15) is 16.8 Å². The van der Waals surface area contributed by atoms with Crippen LogP contribution in [0, 0.1) is 0 Å². The number of anilines is 2. The number of halogens is 3. The van der Waals surface area contributed by atoms with E-state index in [2.05, 4.69) is 20.7 Å². The zero-order valence-corrected chi connectivity index (χ0v) is 17.9. The highest BCUT2D eigenvalue weighted by molar-refractivity contribution is 6.01. The summed E-state index contributed by atoms with van der Waals surface area (Å²) in [6, 6.07) is 8.63. The van der Waals surface area contributed by atoms with Crippen LogP contribution < -0.4 is 25.4 Å². The van der Waals surface area contributed by atoms with Gasteiger partial charge in [-0.1, -0.05) is 0 Å². The van der Waals surface area contributed by atoms with Crippen molar-refractivity contribution in [3.63, 3.8) is 0 Å². The first-order valence-electron chi connectivity index (χ1n) is 9.62. The molecule has 2 aromatic rings. The van der Waals surface area contributed by atoms with E-state index in [-0.39, 0.29) is 17.3 Å². The Labute approximate surface area is 183 Å². The van der Waals surface area contributed by atoms with Crippen molar-refractivity contribution >= 4 is 23.3 Å². The number of carbonyl (C=O) groups is 2. The van der Waals surface area contributed by atoms with Crippen LogP contribution in [0.4, 0.5) is 29.3 Å². The molecule has 0 unspecified atom stereocenters. The molecular weight excluding hydrogens is 429 g/mol. The number of nitrogens with zero attached hydrogens (tertiary/aromatic N) is 1. The van der Waals surface area contributed by atoms with E-state index in [0.29, 0.717) is 17.8 Å². The van der Waals surface area contributed by atoms with Gasteiger partial charge in [0.25, 0.3) is 5.91 Å². The van der Waals surface area contributed by atoms with Crippen molar-refractivity contribution in [3.05, 3.63) is 48.0 Å². The Morgan fingerprint density at radius 3 is 2.22 bits per heavy atom. The van der Waals surface area contributed by atoms with Gasteiger partial charge < -0.3 is 30.3 Å². The minimum Gasteiger partial charge on any atom is -0.496 e. The number of amides is 3. The summed E-state index contributed by atoms with van der Waals surface area (Å²) in [5.74, 6) is -0.414. The molecular formula is C21H25F3N4O4. The molecule has 0 saturated carbocycles. The van der Waals surface area contributed by atoms with Crippen LogP contribution in [0.15, 0.2) is 42.5 Å². The third kappa shape index (κ3) is 8.34. The molecule has 0 aliphatic carbocycles. The summed E-state index contributed by atoms with van der Waals surface area (Å²) in [7, 11) is 5.31. The summed E-state index contributed by atoms with van der Waals surface area (Å²) >= 11 is 0. The molecule has 3 N–H and O–H groups in total. The molecule has 2 aromatic carbocycles. The molecule has 0 aliphatic rings. The number of hydrogen-bond acceptors (Lipinski definition) is 5. The summed E-state index contributed by atoms with van der Waals surface area (Å²) < 4.78 is 45.6. The molecule has 174 valence electrons. The molecule has 3 amide bonds. The van der Waals surface area contributed by atoms with Gasteiger partial charge in [-0.2, -0.15) is 0 Å². The van der Waals surface area contributed by atoms with Gasteiger partial charge in [-0.05, 0) is 63.5 Å². The molecule has 0 spiro atoms. The topological polar surface area (TPSA) is 91.9 Å². The first-order valence-corrected chi connectivity index (χ1v) is 9.62. The maximum absolute atomic E-state index is 12.4. The highest BCUT2D eigenvalue weighted by Crippen LogP contribution is 2.25. The second-order valence-electron chi connectivity index (χ2n) is 6.98. The molecule has 8 nitrogen and oxygen atoms in total. The van der Waals surface area contributed by atoms with E-state index in [1.807, 2.05) is 19.0 Å². The maximum atomic E-state index is 12.4. The average molecular weight is 454 g/mol. The molecule has 2 rings (SSSR count). The Kier molecular flexibility index (Phi) is 8.71. The minimum absolute atomic E-state index is 0.262. The fourth-order valence-electron chi connectivity index (χ4n) is 2.68. The number of ether oxygens (including phenoxy) is 2. The number of nitrogens with one attached hydrogen (secondary N) is 3. The Morgan fingerprint density at radius 2 is 1.62 bits per heavy atom. The van der Waals surface area contributed by atoms with Crippen LogP contribution in [-0.4, -0.2) is 57.5 Å². The van der Waals surface area contributed by atoms with Crippen molar-refractivity contribution < 1.29 is 32.2 Å². The molecule has 0 aromatic heterocycles. The van der Waals surface area contributed by atoms with Crippen LogP contribution >= 0.6 is 0 Å². The van der Waals surface area contributed by atoms with Crippen LogP contribution in [0.25, 0.3) is 0 Å². The fraction of sp³-hybridized carbons (Fsp3) is 0.333. The van der Waals surface area contributed by atoms with Gasteiger partial charge in [-0.3, -0.25) is 4.79 Å². The zero-order chi connectivity index (χ0) is 23.7. The van der Waals surface area contributed by atoms with Crippen molar-refractivity contribution in [2.45, 2.75) is 12.8 Å². The monoisotopic (exact) mass is 454 g/mol. The average Bonchev–Trinajstić information content (AvgIpc) is 2.71. The van der Waals surface area contributed by atoms with E-state index in [0.717, 1.165) is 25.1 Å². The predicted molar refractivity (Wildman–Crippen MR) is 114 cm³/mol. The van der Waals surface area contributed by atoms with E-state index in [4.69, 9.17) is 4.74 Å². The SMILES string of the molecule is COc1cc(NC(=O)Nc2ccc(OC(F)(F)F)cc2)ccc1C(=O)NCCCN(C)C. The summed E-state index contributed by atoms with van der Waals surface area (Å²) in [6.07, 6.45) is -4.00. The Bertz CT molecular complexity index is 918. The van der Waals surface area contributed by atoms with E-state index in [1.54, 1.807) is 0 Å². The summed E-state index contributed by atoms with van der Waals surface area (Å²) in [6.45, 7) is 1.35. The predicted octanol–water partition coefficient (Wildman–Crippen LogP) is 3.92. The standard InChI is InChI=1S/C21H25F3N4O4/c1-28(2)12-4-11-25-19(29)17-10-7-15(13-18(17)31-3)27-20(30)26-14-5-8-16(9-6-14)32-21(22,23)24/h5-10,13H,4,11-12H2,1-3H3,(H,25,29)(H2,26,27,30). The Balaban J connectivity index is 1.94. The van der Waals surface area contributed by atoms with Crippen molar-refractivity contribution in [2.24, 2.45) is 0 Å². The lowest BCUT2D eigenvalue weighted by atomic mass is 10.1. The van der Waals surface area contributed by atoms with Gasteiger partial charge in [0.2, 0.25) is 0 Å². The summed E-state index contributed by atoms with van der Waals surface area (Å²) in [5.41, 5.74) is 0.946. The van der Waals surface area contributed by atoms with E-state index >= 15 is 0 Å². The summed E-state index contributed by atoms with van der Waals surface area (Å²) in [5, 5.41) is 7.87. The maximum Gasteiger partial charge on any atom is 0.573 e.